The topological polar surface area (TPSA) is 197 Å². The summed E-state index contributed by atoms with van der Waals surface area (Å²) in [6.07, 6.45) is 6.89. The molecule has 0 aromatic rings. The molecule has 2 aliphatic rings. The fourth-order valence-corrected chi connectivity index (χ4v) is 6.16. The number of rotatable bonds is 18. The fraction of sp³-hybridized carbons (Fsp3) is 0.757. The molecule has 1 aliphatic carbocycles. The largest absolute Gasteiger partial charge is 0.388 e. The van der Waals surface area contributed by atoms with Crippen LogP contribution in [0.25, 0.3) is 0 Å². The summed E-state index contributed by atoms with van der Waals surface area (Å²) in [5.74, 6) is 6.04. The highest BCUT2D eigenvalue weighted by molar-refractivity contribution is 5.72. The van der Waals surface area contributed by atoms with Crippen molar-refractivity contribution in [2.45, 2.75) is 153 Å². The minimum absolute atomic E-state index is 0.0800. The van der Waals surface area contributed by atoms with E-state index in [0.29, 0.717) is 32.4 Å². The molecule has 10 N–H and O–H groups in total. The standard InChI is InChI=1S/C37H65N5O7/c1-8-42-29-22-28(39)32(30(43)33(29)49-36-31(44)34(40-7)37(6,46)23-47-36)48-35(45)27(38)18-10-9-11-20-41-21-19-26(5)17-13-16-25(4)15-12-14-24(2)3/h14,16,19,21,27-36,40,42-46H,8,10,12-13,15,17-18,20,22-23,38-39H2,1-7H3/b25-16+,26-19+,41-21?. The molecule has 0 aromatic heterocycles. The lowest BCUT2D eigenvalue weighted by Gasteiger charge is -2.48. The monoisotopic (exact) mass is 691 g/mol. The zero-order valence-corrected chi connectivity index (χ0v) is 30.8. The molecule has 11 atom stereocenters. The smallest absolute Gasteiger partial charge is 0.185 e. The van der Waals surface area contributed by atoms with Crippen LogP contribution in [0, 0.1) is 11.8 Å². The normalized spacial score (nSPS) is 32.4. The van der Waals surface area contributed by atoms with Crippen molar-refractivity contribution in [1.29, 1.82) is 0 Å². The van der Waals surface area contributed by atoms with E-state index in [2.05, 4.69) is 67.3 Å². The van der Waals surface area contributed by atoms with Crippen LogP contribution in [0.2, 0.25) is 0 Å². The predicted octanol–water partition coefficient (Wildman–Crippen LogP) is 1.80. The second-order valence-electron chi connectivity index (χ2n) is 13.9. The Bertz CT molecular complexity index is 1160. The van der Waals surface area contributed by atoms with E-state index < -0.39 is 60.7 Å². The van der Waals surface area contributed by atoms with E-state index in [0.717, 1.165) is 25.7 Å². The molecule has 0 amide bonds. The molecule has 49 heavy (non-hydrogen) atoms. The summed E-state index contributed by atoms with van der Waals surface area (Å²) in [7, 11) is 1.63. The molecular weight excluding hydrogens is 626 g/mol. The Kier molecular flexibility index (Phi) is 19.4. The molecule has 11 unspecified atom stereocenters. The van der Waals surface area contributed by atoms with Crippen molar-refractivity contribution in [2.24, 2.45) is 16.5 Å². The quantitative estimate of drug-likeness (QED) is 0.0452. The SMILES string of the molecule is CCNC1CC(N)C(OC(O)C(N)CCC#CCN=C/C=C(\C)CC/C=C(\C)CCC=C(C)C)C(O)C1OC1OCC(C)(O)C(NC)C1O. The van der Waals surface area contributed by atoms with Gasteiger partial charge in [-0.2, -0.15) is 0 Å². The van der Waals surface area contributed by atoms with Crippen LogP contribution in [0.5, 0.6) is 0 Å². The minimum Gasteiger partial charge on any atom is -0.388 e. The molecule has 1 saturated heterocycles. The van der Waals surface area contributed by atoms with Gasteiger partial charge >= 0.3 is 0 Å². The van der Waals surface area contributed by atoms with Crippen molar-refractivity contribution in [2.75, 3.05) is 26.7 Å². The number of nitrogens with one attached hydrogen (secondary N) is 2. The first-order valence-electron chi connectivity index (χ1n) is 17.7. The van der Waals surface area contributed by atoms with E-state index >= 15 is 0 Å². The molecule has 1 saturated carbocycles. The lowest BCUT2D eigenvalue weighted by Crippen LogP contribution is -2.69. The van der Waals surface area contributed by atoms with Crippen LogP contribution in [0.3, 0.4) is 0 Å². The lowest BCUT2D eigenvalue weighted by molar-refractivity contribution is -0.303. The van der Waals surface area contributed by atoms with E-state index in [-0.39, 0.29) is 12.6 Å². The van der Waals surface area contributed by atoms with Crippen LogP contribution in [0.4, 0.5) is 0 Å². The van der Waals surface area contributed by atoms with E-state index in [9.17, 15) is 20.4 Å². The van der Waals surface area contributed by atoms with Gasteiger partial charge in [0, 0.05) is 24.7 Å². The maximum Gasteiger partial charge on any atom is 0.185 e. The van der Waals surface area contributed by atoms with Gasteiger partial charge in [0.25, 0.3) is 0 Å². The average molecular weight is 692 g/mol. The third-order valence-electron chi connectivity index (χ3n) is 9.06. The van der Waals surface area contributed by atoms with Crippen LogP contribution in [-0.2, 0) is 14.2 Å². The fourth-order valence-electron chi connectivity index (χ4n) is 6.16. The van der Waals surface area contributed by atoms with E-state index in [1.807, 2.05) is 13.0 Å². The number of hydrogen-bond acceptors (Lipinski definition) is 12. The van der Waals surface area contributed by atoms with Crippen LogP contribution < -0.4 is 22.1 Å². The van der Waals surface area contributed by atoms with Crippen molar-refractivity contribution in [3.8, 4) is 11.8 Å². The van der Waals surface area contributed by atoms with Crippen LogP contribution in [0.15, 0.2) is 39.9 Å². The predicted molar refractivity (Wildman–Crippen MR) is 195 cm³/mol. The van der Waals surface area contributed by atoms with Crippen LogP contribution >= 0.6 is 0 Å². The van der Waals surface area contributed by atoms with Crippen LogP contribution in [0.1, 0.15) is 86.5 Å². The highest BCUT2D eigenvalue weighted by Crippen LogP contribution is 2.31. The molecule has 2 fully saturated rings. The molecule has 0 spiro atoms. The van der Waals surface area contributed by atoms with Crippen molar-refractivity contribution in [3.63, 3.8) is 0 Å². The molecular formula is C37H65N5O7. The summed E-state index contributed by atoms with van der Waals surface area (Å²) >= 11 is 0. The van der Waals surface area contributed by atoms with Crippen molar-refractivity contribution in [3.05, 3.63) is 34.9 Å². The number of nitrogens with two attached hydrogens (primary N) is 2. The first-order valence-corrected chi connectivity index (χ1v) is 17.7. The molecule has 280 valence electrons. The maximum atomic E-state index is 11.4. The number of ether oxygens (including phenoxy) is 3. The van der Waals surface area contributed by atoms with Crippen molar-refractivity contribution < 1.29 is 34.6 Å². The zero-order valence-electron chi connectivity index (χ0n) is 30.8. The first kappa shape index (κ1) is 43.2. The van der Waals surface area contributed by atoms with E-state index in [1.54, 1.807) is 20.2 Å². The molecule has 12 nitrogen and oxygen atoms in total. The van der Waals surface area contributed by atoms with Crippen LogP contribution in [-0.4, -0.2) is 120 Å². The Morgan fingerprint density at radius 3 is 2.45 bits per heavy atom. The number of hydrogen-bond donors (Lipinski definition) is 8. The molecule has 1 aliphatic heterocycles. The molecule has 12 heteroatoms. The highest BCUT2D eigenvalue weighted by atomic mass is 16.7. The van der Waals surface area contributed by atoms with Gasteiger partial charge in [-0.3, -0.25) is 4.99 Å². The third kappa shape index (κ3) is 14.6. The maximum absolute atomic E-state index is 11.4. The zero-order chi connectivity index (χ0) is 36.6. The number of nitrogens with zero attached hydrogens (tertiary/aromatic N) is 1. The Morgan fingerprint density at radius 2 is 1.78 bits per heavy atom. The molecule has 0 radical (unpaired) electrons. The number of aliphatic hydroxyl groups is 4. The second-order valence-corrected chi connectivity index (χ2v) is 13.9. The summed E-state index contributed by atoms with van der Waals surface area (Å²) in [6, 6.07) is -2.49. The van der Waals surface area contributed by atoms with E-state index in [4.69, 9.17) is 25.7 Å². The van der Waals surface area contributed by atoms with Gasteiger partial charge in [-0.15, -0.1) is 5.92 Å². The Morgan fingerprint density at radius 1 is 1.08 bits per heavy atom. The van der Waals surface area contributed by atoms with Gasteiger partial charge in [-0.05, 0) is 92.8 Å². The van der Waals surface area contributed by atoms with E-state index in [1.165, 1.54) is 16.7 Å². The average Bonchev–Trinajstić information content (AvgIpc) is 3.03. The third-order valence-corrected chi connectivity index (χ3v) is 9.06. The van der Waals surface area contributed by atoms with Gasteiger partial charge in [0.15, 0.2) is 12.6 Å². The number of allylic oxidation sites excluding steroid dienone is 6. The van der Waals surface area contributed by atoms with Gasteiger partial charge in [0.05, 0.1) is 25.2 Å². The summed E-state index contributed by atoms with van der Waals surface area (Å²) in [6.45, 7) is 12.9. The number of likely N-dealkylation sites (N-methyl/N-ethyl adjacent to an activating group) is 2. The molecule has 1 heterocycles. The summed E-state index contributed by atoms with van der Waals surface area (Å²) in [4.78, 5) is 4.34. The van der Waals surface area contributed by atoms with Gasteiger partial charge in [0.2, 0.25) is 0 Å². The Hall–Kier alpha value is -1.99. The van der Waals surface area contributed by atoms with Crippen molar-refractivity contribution >= 4 is 6.21 Å². The van der Waals surface area contributed by atoms with Crippen molar-refractivity contribution in [1.82, 2.24) is 10.6 Å². The molecule has 0 bridgehead atoms. The summed E-state index contributed by atoms with van der Waals surface area (Å²) in [5.41, 5.74) is 15.3. The minimum atomic E-state index is -1.40. The van der Waals surface area contributed by atoms with Gasteiger partial charge < -0.3 is 56.7 Å². The molecule has 0 aromatic carbocycles. The highest BCUT2D eigenvalue weighted by Gasteiger charge is 2.51. The molecule has 2 rings (SSSR count). The Labute approximate surface area is 294 Å². The number of aliphatic hydroxyl groups excluding tert-OH is 3. The van der Waals surface area contributed by atoms with Gasteiger partial charge in [0.1, 0.15) is 30.0 Å². The van der Waals surface area contributed by atoms with Gasteiger partial charge in [-0.1, -0.05) is 41.7 Å². The Balaban J connectivity index is 1.83. The summed E-state index contributed by atoms with van der Waals surface area (Å²) < 4.78 is 17.6. The lowest BCUT2D eigenvalue weighted by atomic mass is 9.83. The summed E-state index contributed by atoms with van der Waals surface area (Å²) in [5, 5.41) is 49.8. The number of aliphatic imine (C=N–C) groups is 1. The first-order chi connectivity index (χ1) is 23.2. The second kappa shape index (κ2) is 22.1. The van der Waals surface area contributed by atoms with Gasteiger partial charge in [-0.25, -0.2) is 0 Å².